The molecule has 30 heavy (non-hydrogen) atoms. The molecule has 0 aliphatic carbocycles. The highest BCUT2D eigenvalue weighted by molar-refractivity contribution is 8.26. The monoisotopic (exact) mass is 442 g/mol. The summed E-state index contributed by atoms with van der Waals surface area (Å²) in [6.07, 6.45) is 2.62. The Hall–Kier alpha value is -2.84. The maximum atomic E-state index is 12.8. The summed E-state index contributed by atoms with van der Waals surface area (Å²) in [5.41, 5.74) is 3.79. The van der Waals surface area contributed by atoms with E-state index in [2.05, 4.69) is 5.43 Å². The first-order chi connectivity index (χ1) is 14.5. The summed E-state index contributed by atoms with van der Waals surface area (Å²) >= 11 is 6.42. The Labute approximate surface area is 185 Å². The third kappa shape index (κ3) is 5.20. The molecule has 6 nitrogen and oxygen atoms in total. The average molecular weight is 443 g/mol. The highest BCUT2D eigenvalue weighted by atomic mass is 32.2. The van der Waals surface area contributed by atoms with Gasteiger partial charge in [-0.15, -0.1) is 0 Å². The standard InChI is InChI=1S/C22H22N2O4S2/c1-3-12-28-17-11-10-15(13-18(17)27-4-2)14-19-21(26)24(22(29)30-19)23-20(25)16-8-6-5-7-9-16/h5-11,13-14H,3-4,12H2,1-2H3,(H,23,25)/b19-14-. The minimum atomic E-state index is -0.399. The Kier molecular flexibility index (Phi) is 7.48. The average Bonchev–Trinajstić information content (AvgIpc) is 3.01. The highest BCUT2D eigenvalue weighted by Gasteiger charge is 2.33. The molecule has 0 spiro atoms. The zero-order valence-corrected chi connectivity index (χ0v) is 18.3. The van der Waals surface area contributed by atoms with Crippen LogP contribution < -0.4 is 14.9 Å². The molecule has 0 aromatic heterocycles. The van der Waals surface area contributed by atoms with E-state index in [4.69, 9.17) is 21.7 Å². The van der Waals surface area contributed by atoms with Crippen LogP contribution in [0.4, 0.5) is 0 Å². The zero-order chi connectivity index (χ0) is 21.5. The molecule has 2 aromatic rings. The lowest BCUT2D eigenvalue weighted by molar-refractivity contribution is -0.123. The van der Waals surface area contributed by atoms with Gasteiger partial charge in [-0.3, -0.25) is 15.0 Å². The van der Waals surface area contributed by atoms with Gasteiger partial charge in [-0.2, -0.15) is 5.01 Å². The Morgan fingerprint density at radius 1 is 1.13 bits per heavy atom. The molecular weight excluding hydrogens is 420 g/mol. The van der Waals surface area contributed by atoms with E-state index in [1.807, 2.05) is 38.1 Å². The zero-order valence-electron chi connectivity index (χ0n) is 16.7. The van der Waals surface area contributed by atoms with E-state index < -0.39 is 5.91 Å². The molecule has 0 radical (unpaired) electrons. The molecule has 156 valence electrons. The summed E-state index contributed by atoms with van der Waals surface area (Å²) in [5, 5.41) is 1.10. The Morgan fingerprint density at radius 2 is 1.90 bits per heavy atom. The second-order valence-electron chi connectivity index (χ2n) is 6.31. The van der Waals surface area contributed by atoms with Crippen LogP contribution >= 0.6 is 24.0 Å². The first-order valence-electron chi connectivity index (χ1n) is 9.57. The van der Waals surface area contributed by atoms with Crippen LogP contribution in [-0.4, -0.2) is 34.4 Å². The normalized spacial score (nSPS) is 14.9. The highest BCUT2D eigenvalue weighted by Crippen LogP contribution is 2.34. The van der Waals surface area contributed by atoms with Crippen LogP contribution in [-0.2, 0) is 4.79 Å². The second-order valence-corrected chi connectivity index (χ2v) is 7.99. The lowest BCUT2D eigenvalue weighted by Crippen LogP contribution is -2.44. The number of hydrogen-bond acceptors (Lipinski definition) is 6. The van der Waals surface area contributed by atoms with E-state index in [1.54, 1.807) is 30.3 Å². The van der Waals surface area contributed by atoms with Gasteiger partial charge >= 0.3 is 0 Å². The summed E-state index contributed by atoms with van der Waals surface area (Å²) < 4.78 is 11.6. The Bertz CT molecular complexity index is 976. The van der Waals surface area contributed by atoms with Crippen molar-refractivity contribution >= 4 is 46.2 Å². The molecular formula is C22H22N2O4S2. The third-order valence-electron chi connectivity index (χ3n) is 4.07. The number of amides is 2. The van der Waals surface area contributed by atoms with Gasteiger partial charge in [0.25, 0.3) is 11.8 Å². The number of hydrogen-bond donors (Lipinski definition) is 1. The van der Waals surface area contributed by atoms with E-state index in [9.17, 15) is 9.59 Å². The van der Waals surface area contributed by atoms with Crippen molar-refractivity contribution in [3.63, 3.8) is 0 Å². The largest absolute Gasteiger partial charge is 0.490 e. The number of nitrogens with zero attached hydrogens (tertiary/aromatic N) is 1. The lowest BCUT2D eigenvalue weighted by Gasteiger charge is -2.15. The van der Waals surface area contributed by atoms with Gasteiger partial charge in [0, 0.05) is 5.56 Å². The SMILES string of the molecule is CCCOc1ccc(/C=C2\SC(=S)N(NC(=O)c3ccccc3)C2=O)cc1OCC. The summed E-state index contributed by atoms with van der Waals surface area (Å²) in [6.45, 7) is 5.03. The van der Waals surface area contributed by atoms with E-state index in [-0.39, 0.29) is 10.2 Å². The fraction of sp³-hybridized carbons (Fsp3) is 0.227. The summed E-state index contributed by atoms with van der Waals surface area (Å²) in [4.78, 5) is 25.6. The van der Waals surface area contributed by atoms with Crippen molar-refractivity contribution in [1.82, 2.24) is 10.4 Å². The smallest absolute Gasteiger partial charge is 0.285 e. The van der Waals surface area contributed by atoms with Gasteiger partial charge < -0.3 is 9.47 Å². The van der Waals surface area contributed by atoms with Crippen LogP contribution in [0.1, 0.15) is 36.2 Å². The van der Waals surface area contributed by atoms with E-state index >= 15 is 0 Å². The number of rotatable bonds is 8. The number of ether oxygens (including phenoxy) is 2. The second kappa shape index (κ2) is 10.3. The molecule has 2 aromatic carbocycles. The molecule has 1 aliphatic rings. The molecule has 2 amide bonds. The predicted octanol–water partition coefficient (Wildman–Crippen LogP) is 4.42. The number of hydrazine groups is 1. The van der Waals surface area contributed by atoms with Crippen LogP contribution in [0.25, 0.3) is 6.08 Å². The molecule has 1 aliphatic heterocycles. The number of benzene rings is 2. The van der Waals surface area contributed by atoms with Crippen molar-refractivity contribution in [3.05, 3.63) is 64.6 Å². The van der Waals surface area contributed by atoms with Crippen LogP contribution in [0.2, 0.25) is 0 Å². The van der Waals surface area contributed by atoms with E-state index in [0.717, 1.165) is 28.8 Å². The van der Waals surface area contributed by atoms with Gasteiger partial charge in [0.15, 0.2) is 15.8 Å². The van der Waals surface area contributed by atoms with E-state index in [1.165, 1.54) is 0 Å². The lowest BCUT2D eigenvalue weighted by atomic mass is 10.2. The molecule has 1 saturated heterocycles. The van der Waals surface area contributed by atoms with Crippen LogP contribution in [0.3, 0.4) is 0 Å². The summed E-state index contributed by atoms with van der Waals surface area (Å²) in [5.74, 6) is 0.508. The van der Waals surface area contributed by atoms with Gasteiger partial charge in [0.2, 0.25) is 0 Å². The number of thioether (sulfide) groups is 1. The fourth-order valence-corrected chi connectivity index (χ4v) is 3.86. The summed E-state index contributed by atoms with van der Waals surface area (Å²) in [7, 11) is 0. The number of thiocarbonyl (C=S) groups is 1. The maximum Gasteiger partial charge on any atom is 0.285 e. The first-order valence-corrected chi connectivity index (χ1v) is 10.8. The van der Waals surface area contributed by atoms with Crippen molar-refractivity contribution in [2.24, 2.45) is 0 Å². The van der Waals surface area contributed by atoms with Gasteiger partial charge in [-0.25, -0.2) is 0 Å². The minimum absolute atomic E-state index is 0.267. The van der Waals surface area contributed by atoms with Crippen molar-refractivity contribution < 1.29 is 19.1 Å². The number of nitrogens with one attached hydrogen (secondary N) is 1. The molecule has 1 fully saturated rings. The van der Waals surface area contributed by atoms with Gasteiger partial charge in [0.05, 0.1) is 18.1 Å². The van der Waals surface area contributed by atoms with Gasteiger partial charge in [-0.05, 0) is 61.5 Å². The van der Waals surface area contributed by atoms with Crippen LogP contribution in [0.15, 0.2) is 53.4 Å². The van der Waals surface area contributed by atoms with Crippen molar-refractivity contribution in [2.75, 3.05) is 13.2 Å². The number of carbonyl (C=O) groups excluding carboxylic acids is 2. The Balaban J connectivity index is 1.77. The molecule has 0 atom stereocenters. The third-order valence-corrected chi connectivity index (χ3v) is 5.37. The molecule has 1 heterocycles. The van der Waals surface area contributed by atoms with Gasteiger partial charge in [0.1, 0.15) is 0 Å². The molecule has 0 unspecified atom stereocenters. The van der Waals surface area contributed by atoms with Crippen molar-refractivity contribution in [3.8, 4) is 11.5 Å². The Morgan fingerprint density at radius 3 is 2.60 bits per heavy atom. The first kappa shape index (κ1) is 21.9. The van der Waals surface area contributed by atoms with Crippen LogP contribution in [0, 0.1) is 0 Å². The topological polar surface area (TPSA) is 67.9 Å². The predicted molar refractivity (Wildman–Crippen MR) is 122 cm³/mol. The molecule has 3 rings (SSSR count). The minimum Gasteiger partial charge on any atom is -0.490 e. The van der Waals surface area contributed by atoms with Gasteiger partial charge in [-0.1, -0.05) is 43.0 Å². The number of carbonyl (C=O) groups is 2. The maximum absolute atomic E-state index is 12.8. The van der Waals surface area contributed by atoms with Crippen molar-refractivity contribution in [1.29, 1.82) is 0 Å². The fourth-order valence-electron chi connectivity index (χ4n) is 2.69. The van der Waals surface area contributed by atoms with E-state index in [0.29, 0.717) is 35.2 Å². The summed E-state index contributed by atoms with van der Waals surface area (Å²) in [6, 6.07) is 14.2. The molecule has 0 bridgehead atoms. The molecule has 1 N–H and O–H groups in total. The molecule has 0 saturated carbocycles. The van der Waals surface area contributed by atoms with Crippen molar-refractivity contribution in [2.45, 2.75) is 20.3 Å². The quantitative estimate of drug-likeness (QED) is 0.482. The van der Waals surface area contributed by atoms with Crippen LogP contribution in [0.5, 0.6) is 11.5 Å². The molecule has 8 heteroatoms.